The van der Waals surface area contributed by atoms with Gasteiger partial charge in [0.15, 0.2) is 17.5 Å². The summed E-state index contributed by atoms with van der Waals surface area (Å²) in [6.07, 6.45) is 0. The van der Waals surface area contributed by atoms with Crippen molar-refractivity contribution in [2.24, 2.45) is 0 Å². The molecule has 3 aromatic heterocycles. The van der Waals surface area contributed by atoms with Gasteiger partial charge in [-0.15, -0.1) is 11.3 Å². The predicted molar refractivity (Wildman–Crippen MR) is 263 cm³/mol. The van der Waals surface area contributed by atoms with Crippen molar-refractivity contribution in [3.05, 3.63) is 224 Å². The second kappa shape index (κ2) is 15.4. The molecular weight excluding hydrogens is 787 g/mol. The van der Waals surface area contributed by atoms with Gasteiger partial charge in [0, 0.05) is 70.4 Å². The Morgan fingerprint density at radius 3 is 1.41 bits per heavy atom. The Kier molecular flexibility index (Phi) is 8.94. The van der Waals surface area contributed by atoms with Crippen LogP contribution in [0.1, 0.15) is 0 Å². The van der Waals surface area contributed by atoms with E-state index in [0.717, 1.165) is 39.4 Å². The summed E-state index contributed by atoms with van der Waals surface area (Å²) in [4.78, 5) is 17.3. The lowest BCUT2D eigenvalue weighted by Gasteiger charge is -2.25. The van der Waals surface area contributed by atoms with Crippen molar-refractivity contribution < 1.29 is 0 Å². The van der Waals surface area contributed by atoms with Gasteiger partial charge in [-0.25, -0.2) is 15.0 Å². The molecule has 6 heteroatoms. The zero-order chi connectivity index (χ0) is 41.7. The molecule has 9 aromatic carbocycles. The van der Waals surface area contributed by atoms with Crippen molar-refractivity contribution in [2.75, 3.05) is 4.90 Å². The van der Waals surface area contributed by atoms with Gasteiger partial charge in [-0.2, -0.15) is 0 Å². The zero-order valence-corrected chi connectivity index (χ0v) is 34.8. The van der Waals surface area contributed by atoms with Crippen LogP contribution in [-0.4, -0.2) is 19.5 Å². The van der Waals surface area contributed by atoms with Crippen LogP contribution in [0.3, 0.4) is 0 Å². The molecule has 5 nitrogen and oxygen atoms in total. The van der Waals surface area contributed by atoms with Crippen LogP contribution in [-0.2, 0) is 0 Å². The molecule has 0 aliphatic carbocycles. The first-order valence-electron chi connectivity index (χ1n) is 21.1. The largest absolute Gasteiger partial charge is 0.311 e. The summed E-state index contributed by atoms with van der Waals surface area (Å²) in [5, 5.41) is 4.83. The highest BCUT2D eigenvalue weighted by Crippen LogP contribution is 2.41. The van der Waals surface area contributed by atoms with Crippen molar-refractivity contribution in [1.82, 2.24) is 19.5 Å². The Balaban J connectivity index is 0.942. The van der Waals surface area contributed by atoms with Gasteiger partial charge in [0.1, 0.15) is 0 Å². The highest BCUT2D eigenvalue weighted by Gasteiger charge is 2.18. The van der Waals surface area contributed by atoms with Crippen LogP contribution in [0.2, 0.25) is 0 Å². The van der Waals surface area contributed by atoms with E-state index >= 15 is 0 Å². The molecule has 0 N–H and O–H groups in total. The Morgan fingerprint density at radius 2 is 0.778 bits per heavy atom. The van der Waals surface area contributed by atoms with E-state index in [1.807, 2.05) is 72.0 Å². The smallest absolute Gasteiger partial charge is 0.164 e. The second-order valence-corrected chi connectivity index (χ2v) is 16.8. The number of para-hydroxylation sites is 3. The van der Waals surface area contributed by atoms with Crippen molar-refractivity contribution >= 4 is 70.4 Å². The molecule has 0 atom stereocenters. The Hall–Kier alpha value is -8.19. The van der Waals surface area contributed by atoms with Crippen LogP contribution < -0.4 is 4.90 Å². The highest BCUT2D eigenvalue weighted by molar-refractivity contribution is 7.25. The van der Waals surface area contributed by atoms with Crippen LogP contribution in [0.4, 0.5) is 17.1 Å². The van der Waals surface area contributed by atoms with E-state index in [-0.39, 0.29) is 0 Å². The minimum Gasteiger partial charge on any atom is -0.311 e. The highest BCUT2D eigenvalue weighted by atomic mass is 32.1. The molecule has 3 heterocycles. The number of hydrogen-bond donors (Lipinski definition) is 0. The van der Waals surface area contributed by atoms with E-state index in [1.165, 1.54) is 53.1 Å². The van der Waals surface area contributed by atoms with E-state index in [1.54, 1.807) is 0 Å². The summed E-state index contributed by atoms with van der Waals surface area (Å²) in [7, 11) is 0. The van der Waals surface area contributed by atoms with Crippen molar-refractivity contribution in [2.45, 2.75) is 0 Å². The van der Waals surface area contributed by atoms with Gasteiger partial charge in [-0.3, -0.25) is 0 Å². The summed E-state index contributed by atoms with van der Waals surface area (Å²) < 4.78 is 4.87. The normalized spacial score (nSPS) is 11.5. The van der Waals surface area contributed by atoms with Crippen LogP contribution in [0.25, 0.3) is 93.0 Å². The molecule has 0 radical (unpaired) electrons. The third kappa shape index (κ3) is 6.61. The summed E-state index contributed by atoms with van der Waals surface area (Å²) in [5.41, 5.74) is 12.0. The molecule has 12 aromatic rings. The summed E-state index contributed by atoms with van der Waals surface area (Å²) in [6, 6.07) is 79.4. The van der Waals surface area contributed by atoms with Crippen molar-refractivity contribution in [3.8, 4) is 51.0 Å². The van der Waals surface area contributed by atoms with Gasteiger partial charge in [0.2, 0.25) is 0 Å². The molecule has 12 rings (SSSR count). The summed E-state index contributed by atoms with van der Waals surface area (Å²) in [6.45, 7) is 0. The molecule has 0 unspecified atom stereocenters. The third-order valence-electron chi connectivity index (χ3n) is 11.8. The number of anilines is 3. The fourth-order valence-corrected chi connectivity index (χ4v) is 9.88. The zero-order valence-electron chi connectivity index (χ0n) is 34.0. The number of thiophene rings is 1. The molecule has 63 heavy (non-hydrogen) atoms. The molecule has 0 bridgehead atoms. The Bertz CT molecular complexity index is 3510. The fourth-order valence-electron chi connectivity index (χ4n) is 8.82. The van der Waals surface area contributed by atoms with E-state index in [4.69, 9.17) is 15.0 Å². The van der Waals surface area contributed by atoms with Crippen molar-refractivity contribution in [1.29, 1.82) is 0 Å². The molecule has 0 saturated carbocycles. The van der Waals surface area contributed by atoms with Gasteiger partial charge in [0.05, 0.1) is 11.0 Å². The van der Waals surface area contributed by atoms with Gasteiger partial charge >= 0.3 is 0 Å². The molecule has 0 fully saturated rings. The lowest BCUT2D eigenvalue weighted by molar-refractivity contribution is 1.07. The SMILES string of the molecule is c1ccc(-c2nc(-c3ccccc3)nc(-c3ccc4sc5ccc(-n6c7ccccc7c7cc(-c8ccc(N(c9ccccc9)c9ccccc9)cc8)ccc76)cc5c4c3)n2)cc1. The van der Waals surface area contributed by atoms with E-state index < -0.39 is 0 Å². The van der Waals surface area contributed by atoms with E-state index in [9.17, 15) is 0 Å². The molecule has 296 valence electrons. The lowest BCUT2D eigenvalue weighted by atomic mass is 10.0. The first kappa shape index (κ1) is 36.6. The summed E-state index contributed by atoms with van der Waals surface area (Å²) >= 11 is 1.81. The molecule has 0 spiro atoms. The van der Waals surface area contributed by atoms with Crippen molar-refractivity contribution in [3.63, 3.8) is 0 Å². The average Bonchev–Trinajstić information content (AvgIpc) is 3.90. The molecular formula is C57H37N5S. The molecule has 0 aliphatic heterocycles. The number of nitrogens with zero attached hydrogens (tertiary/aromatic N) is 5. The second-order valence-electron chi connectivity index (χ2n) is 15.7. The quantitative estimate of drug-likeness (QED) is 0.153. The topological polar surface area (TPSA) is 46.8 Å². The molecule has 0 amide bonds. The minimum atomic E-state index is 0.651. The van der Waals surface area contributed by atoms with Crippen LogP contribution in [0.5, 0.6) is 0 Å². The number of hydrogen-bond acceptors (Lipinski definition) is 5. The standard InChI is InChI=1S/C57H37N5S/c1-5-15-39(16-6-1)55-58-56(40-17-7-2-8-18-40)60-57(59-55)42-28-33-53-49(36-42)50-37-46(31-34-54(50)63-53)62-51-24-14-13-23-47(51)48-35-41(27-32-52(48)62)38-25-29-45(30-26-38)61(43-19-9-3-10-20-43)44-21-11-4-12-22-44/h1-37H. The van der Waals surface area contributed by atoms with E-state index in [2.05, 4.69) is 173 Å². The van der Waals surface area contributed by atoms with Crippen LogP contribution in [0, 0.1) is 0 Å². The first-order valence-corrected chi connectivity index (χ1v) is 21.9. The van der Waals surface area contributed by atoms with Gasteiger partial charge in [0.25, 0.3) is 0 Å². The van der Waals surface area contributed by atoms with Gasteiger partial charge in [-0.05, 0) is 102 Å². The van der Waals surface area contributed by atoms with Gasteiger partial charge < -0.3 is 9.47 Å². The Labute approximate surface area is 368 Å². The maximum atomic E-state index is 5.04. The average molecular weight is 824 g/mol. The monoisotopic (exact) mass is 823 g/mol. The first-order chi connectivity index (χ1) is 31.2. The van der Waals surface area contributed by atoms with Crippen LogP contribution >= 0.6 is 11.3 Å². The number of fused-ring (bicyclic) bond motifs is 6. The fraction of sp³-hybridized carbons (Fsp3) is 0. The van der Waals surface area contributed by atoms with Crippen LogP contribution in [0.15, 0.2) is 224 Å². The molecule has 0 saturated heterocycles. The number of aromatic nitrogens is 4. The molecule has 0 aliphatic rings. The summed E-state index contributed by atoms with van der Waals surface area (Å²) in [5.74, 6) is 1.96. The maximum absolute atomic E-state index is 5.04. The maximum Gasteiger partial charge on any atom is 0.164 e. The van der Waals surface area contributed by atoms with E-state index in [0.29, 0.717) is 17.5 Å². The number of rotatable bonds is 8. The van der Waals surface area contributed by atoms with Gasteiger partial charge in [-0.1, -0.05) is 133 Å². The third-order valence-corrected chi connectivity index (χ3v) is 13.0. The number of benzene rings is 9. The minimum absolute atomic E-state index is 0.651. The Morgan fingerprint density at radius 1 is 0.317 bits per heavy atom. The lowest BCUT2D eigenvalue weighted by Crippen LogP contribution is -2.09. The predicted octanol–water partition coefficient (Wildman–Crippen LogP) is 15.5.